The van der Waals surface area contributed by atoms with E-state index < -0.39 is 6.04 Å². The summed E-state index contributed by atoms with van der Waals surface area (Å²) < 4.78 is 0. The van der Waals surface area contributed by atoms with Crippen LogP contribution in [-0.2, 0) is 9.59 Å². The maximum Gasteiger partial charge on any atom is 0.242 e. The summed E-state index contributed by atoms with van der Waals surface area (Å²) in [5.41, 5.74) is 0. The molecule has 0 bridgehead atoms. The third-order valence-electron chi connectivity index (χ3n) is 2.24. The molecule has 0 unspecified atom stereocenters. The summed E-state index contributed by atoms with van der Waals surface area (Å²) >= 11 is 0. The first kappa shape index (κ1) is 14.5. The SMILES string of the molecule is C#CCCCC(=O)N[C@H](C(=O)NC)C(C)C. The molecular weight excluding hydrogens is 204 g/mol. The maximum absolute atomic E-state index is 11.5. The summed E-state index contributed by atoms with van der Waals surface area (Å²) in [7, 11) is 1.56. The van der Waals surface area contributed by atoms with Crippen LogP contribution in [0.15, 0.2) is 0 Å². The van der Waals surface area contributed by atoms with E-state index in [-0.39, 0.29) is 17.7 Å². The van der Waals surface area contributed by atoms with E-state index in [2.05, 4.69) is 16.6 Å². The molecule has 4 nitrogen and oxygen atoms in total. The van der Waals surface area contributed by atoms with E-state index in [1.165, 1.54) is 0 Å². The Balaban J connectivity index is 4.15. The Morgan fingerprint density at radius 1 is 1.38 bits per heavy atom. The van der Waals surface area contributed by atoms with E-state index >= 15 is 0 Å². The van der Waals surface area contributed by atoms with Crippen LogP contribution in [0, 0.1) is 18.3 Å². The number of hydrogen-bond acceptors (Lipinski definition) is 2. The van der Waals surface area contributed by atoms with Crippen LogP contribution in [0.5, 0.6) is 0 Å². The molecule has 0 rings (SSSR count). The van der Waals surface area contributed by atoms with Gasteiger partial charge in [-0.3, -0.25) is 9.59 Å². The lowest BCUT2D eigenvalue weighted by atomic mass is 10.0. The van der Waals surface area contributed by atoms with Crippen molar-refractivity contribution in [1.82, 2.24) is 10.6 Å². The molecule has 0 radical (unpaired) electrons. The lowest BCUT2D eigenvalue weighted by molar-refractivity contribution is -0.129. The Bertz CT molecular complexity index is 279. The molecule has 16 heavy (non-hydrogen) atoms. The normalized spacial score (nSPS) is 11.7. The maximum atomic E-state index is 11.5. The fourth-order valence-electron chi connectivity index (χ4n) is 1.29. The van der Waals surface area contributed by atoms with Gasteiger partial charge in [-0.2, -0.15) is 0 Å². The van der Waals surface area contributed by atoms with Crippen molar-refractivity contribution in [2.45, 2.75) is 39.2 Å². The highest BCUT2D eigenvalue weighted by Crippen LogP contribution is 2.03. The fraction of sp³-hybridized carbons (Fsp3) is 0.667. The number of unbranched alkanes of at least 4 members (excludes halogenated alkanes) is 1. The van der Waals surface area contributed by atoms with E-state index in [1.807, 2.05) is 13.8 Å². The number of carbonyl (C=O) groups excluding carboxylic acids is 2. The average Bonchev–Trinajstić information content (AvgIpc) is 2.25. The van der Waals surface area contributed by atoms with Gasteiger partial charge in [0.1, 0.15) is 6.04 Å². The second-order valence-electron chi connectivity index (χ2n) is 3.96. The van der Waals surface area contributed by atoms with Crippen LogP contribution in [0.3, 0.4) is 0 Å². The van der Waals surface area contributed by atoms with Gasteiger partial charge in [-0.15, -0.1) is 12.3 Å². The molecule has 0 saturated heterocycles. The molecule has 0 aromatic carbocycles. The van der Waals surface area contributed by atoms with Gasteiger partial charge >= 0.3 is 0 Å². The van der Waals surface area contributed by atoms with Gasteiger partial charge in [-0.05, 0) is 12.3 Å². The standard InChI is InChI=1S/C12H20N2O2/c1-5-6-7-8-10(15)14-11(9(2)3)12(16)13-4/h1,9,11H,6-8H2,2-4H3,(H,13,16)(H,14,15)/t11-/m0/s1. The summed E-state index contributed by atoms with van der Waals surface area (Å²) in [6, 6.07) is -0.469. The highest BCUT2D eigenvalue weighted by molar-refractivity contribution is 5.87. The highest BCUT2D eigenvalue weighted by Gasteiger charge is 2.22. The van der Waals surface area contributed by atoms with Gasteiger partial charge < -0.3 is 10.6 Å². The quantitative estimate of drug-likeness (QED) is 0.515. The number of nitrogens with one attached hydrogen (secondary N) is 2. The monoisotopic (exact) mass is 224 g/mol. The molecule has 2 amide bonds. The Kier molecular flexibility index (Phi) is 7.02. The van der Waals surface area contributed by atoms with Gasteiger partial charge in [0.25, 0.3) is 0 Å². The number of hydrogen-bond donors (Lipinski definition) is 2. The molecule has 1 atom stereocenters. The Morgan fingerprint density at radius 2 is 2.00 bits per heavy atom. The zero-order valence-corrected chi connectivity index (χ0v) is 10.2. The zero-order valence-electron chi connectivity index (χ0n) is 10.2. The van der Waals surface area contributed by atoms with Crippen LogP contribution in [-0.4, -0.2) is 24.9 Å². The van der Waals surface area contributed by atoms with Crippen molar-refractivity contribution in [1.29, 1.82) is 0 Å². The van der Waals surface area contributed by atoms with Crippen molar-refractivity contribution in [3.8, 4) is 12.3 Å². The van der Waals surface area contributed by atoms with E-state index in [0.717, 1.165) is 0 Å². The number of likely N-dealkylation sites (N-methyl/N-ethyl adjacent to an activating group) is 1. The molecule has 90 valence electrons. The van der Waals surface area contributed by atoms with Gasteiger partial charge in [0.15, 0.2) is 0 Å². The van der Waals surface area contributed by atoms with Crippen LogP contribution in [0.25, 0.3) is 0 Å². The van der Waals surface area contributed by atoms with E-state index in [9.17, 15) is 9.59 Å². The van der Waals surface area contributed by atoms with Crippen LogP contribution in [0.4, 0.5) is 0 Å². The summed E-state index contributed by atoms with van der Waals surface area (Å²) in [4.78, 5) is 23.0. The minimum Gasteiger partial charge on any atom is -0.357 e. The van der Waals surface area contributed by atoms with Crippen molar-refractivity contribution < 1.29 is 9.59 Å². The minimum atomic E-state index is -0.469. The predicted molar refractivity (Wildman–Crippen MR) is 63.5 cm³/mol. The molecule has 0 aromatic rings. The molecule has 0 aliphatic carbocycles. The summed E-state index contributed by atoms with van der Waals surface area (Å²) in [5.74, 6) is 2.25. The van der Waals surface area contributed by atoms with Crippen molar-refractivity contribution in [2.75, 3.05) is 7.05 Å². The Morgan fingerprint density at radius 3 is 2.44 bits per heavy atom. The number of carbonyl (C=O) groups is 2. The van der Waals surface area contributed by atoms with Crippen molar-refractivity contribution in [3.63, 3.8) is 0 Å². The molecule has 0 aliphatic heterocycles. The van der Waals surface area contributed by atoms with Crippen LogP contribution >= 0.6 is 0 Å². The van der Waals surface area contributed by atoms with Crippen LogP contribution in [0.2, 0.25) is 0 Å². The van der Waals surface area contributed by atoms with E-state index in [0.29, 0.717) is 19.3 Å². The average molecular weight is 224 g/mol. The third-order valence-corrected chi connectivity index (χ3v) is 2.24. The smallest absolute Gasteiger partial charge is 0.242 e. The number of rotatable bonds is 6. The Labute approximate surface area is 97.2 Å². The van der Waals surface area contributed by atoms with Gasteiger partial charge in [0, 0.05) is 19.9 Å². The predicted octanol–water partition coefficient (Wildman–Crippen LogP) is 0.677. The molecule has 0 spiro atoms. The van der Waals surface area contributed by atoms with Gasteiger partial charge in [0.2, 0.25) is 11.8 Å². The number of terminal acetylenes is 1. The second-order valence-corrected chi connectivity index (χ2v) is 3.96. The zero-order chi connectivity index (χ0) is 12.6. The first-order valence-corrected chi connectivity index (χ1v) is 5.47. The van der Waals surface area contributed by atoms with Gasteiger partial charge in [-0.1, -0.05) is 13.8 Å². The first-order chi connectivity index (χ1) is 7.52. The van der Waals surface area contributed by atoms with E-state index in [4.69, 9.17) is 6.42 Å². The molecule has 2 N–H and O–H groups in total. The van der Waals surface area contributed by atoms with E-state index in [1.54, 1.807) is 7.05 Å². The summed E-state index contributed by atoms with van der Waals surface area (Å²) in [6.45, 7) is 3.78. The summed E-state index contributed by atoms with van der Waals surface area (Å²) in [5, 5.41) is 5.24. The molecular formula is C12H20N2O2. The molecule has 0 aliphatic rings. The van der Waals surface area contributed by atoms with Crippen LogP contribution in [0.1, 0.15) is 33.1 Å². The van der Waals surface area contributed by atoms with Crippen molar-refractivity contribution in [2.24, 2.45) is 5.92 Å². The third kappa shape index (κ3) is 5.40. The lowest BCUT2D eigenvalue weighted by Gasteiger charge is -2.20. The minimum absolute atomic E-state index is 0.0662. The molecule has 0 saturated carbocycles. The number of amides is 2. The van der Waals surface area contributed by atoms with Gasteiger partial charge in [0.05, 0.1) is 0 Å². The lowest BCUT2D eigenvalue weighted by Crippen LogP contribution is -2.48. The fourth-order valence-corrected chi connectivity index (χ4v) is 1.29. The van der Waals surface area contributed by atoms with Crippen molar-refractivity contribution in [3.05, 3.63) is 0 Å². The van der Waals surface area contributed by atoms with Crippen molar-refractivity contribution >= 4 is 11.8 Å². The van der Waals surface area contributed by atoms with Crippen LogP contribution < -0.4 is 10.6 Å². The second kappa shape index (κ2) is 7.75. The molecule has 0 aromatic heterocycles. The molecule has 0 heterocycles. The largest absolute Gasteiger partial charge is 0.357 e. The Hall–Kier alpha value is -1.50. The molecule has 0 fully saturated rings. The topological polar surface area (TPSA) is 58.2 Å². The highest BCUT2D eigenvalue weighted by atomic mass is 16.2. The summed E-state index contributed by atoms with van der Waals surface area (Å²) in [6.07, 6.45) is 6.69. The first-order valence-electron chi connectivity index (χ1n) is 5.47. The molecule has 4 heteroatoms. The van der Waals surface area contributed by atoms with Gasteiger partial charge in [-0.25, -0.2) is 0 Å².